The number of amides is 1. The number of hydrogen-bond donors (Lipinski definition) is 0. The Balaban J connectivity index is 2.04. The average Bonchev–Trinajstić information content (AvgIpc) is 3.06. The summed E-state index contributed by atoms with van der Waals surface area (Å²) in [4.78, 5) is 75.8. The second kappa shape index (κ2) is 18.3. The second-order valence-electron chi connectivity index (χ2n) is 10.6. The maximum absolute atomic E-state index is 15.1. The minimum absolute atomic E-state index is 0.238. The quantitative estimate of drug-likeness (QED) is 0.0886. The van der Waals surface area contributed by atoms with Gasteiger partial charge in [-0.15, -0.1) is 23.2 Å². The van der Waals surface area contributed by atoms with Crippen LogP contribution in [0.1, 0.15) is 20.8 Å². The van der Waals surface area contributed by atoms with Crippen LogP contribution in [0.15, 0.2) is 36.4 Å². The Kier molecular flexibility index (Phi) is 14.6. The molecule has 0 aromatic heterocycles. The molecule has 1 fully saturated rings. The van der Waals surface area contributed by atoms with Gasteiger partial charge in [0.05, 0.1) is 17.7 Å². The van der Waals surface area contributed by atoms with Crippen LogP contribution in [0.4, 0.5) is 26.2 Å². The van der Waals surface area contributed by atoms with E-state index in [0.717, 1.165) is 64.1 Å². The van der Waals surface area contributed by atoms with Crippen LogP contribution in [0.5, 0.6) is 11.5 Å². The Hall–Kier alpha value is -4.94. The molecule has 3 rings (SSSR count). The number of hydrogen-bond acceptors (Lipinski definition) is 15. The number of carbonyl (C=O) groups is 5. The minimum atomic E-state index is -1.87. The van der Waals surface area contributed by atoms with Crippen molar-refractivity contribution in [3.63, 3.8) is 0 Å². The topological polar surface area (TPSA) is 200 Å². The summed E-state index contributed by atoms with van der Waals surface area (Å²) >= 11 is 11.7. The number of ether oxygens (including phenoxy) is 7. The van der Waals surface area contributed by atoms with Gasteiger partial charge in [0.15, 0.2) is 29.9 Å². The molecule has 20 heteroatoms. The lowest BCUT2D eigenvalue weighted by Gasteiger charge is -2.43. The highest BCUT2D eigenvalue weighted by Crippen LogP contribution is 2.37. The van der Waals surface area contributed by atoms with Gasteiger partial charge in [-0.05, 0) is 18.2 Å². The lowest BCUT2D eigenvalue weighted by Crippen LogP contribution is -2.64. The number of benzene rings is 2. The summed E-state index contributed by atoms with van der Waals surface area (Å²) in [7, 11) is 2.12. The number of nitro groups is 1. The summed E-state index contributed by atoms with van der Waals surface area (Å²) in [6.07, 6.45) is -10.1. The Labute approximate surface area is 300 Å². The first-order chi connectivity index (χ1) is 24.1. The van der Waals surface area contributed by atoms with Crippen LogP contribution < -0.4 is 19.3 Å². The fourth-order valence-electron chi connectivity index (χ4n) is 4.89. The fraction of sp³-hybridized carbons (Fsp3) is 0.452. The van der Waals surface area contributed by atoms with Gasteiger partial charge in [0.2, 0.25) is 12.4 Å². The summed E-state index contributed by atoms with van der Waals surface area (Å²) in [6, 6.07) is 6.74. The Morgan fingerprint density at radius 2 is 1.45 bits per heavy atom. The molecule has 1 amide bonds. The third-order valence-electron chi connectivity index (χ3n) is 7.05. The van der Waals surface area contributed by atoms with Crippen LogP contribution in [0, 0.1) is 15.9 Å². The largest absolute Gasteiger partial charge is 0.467 e. The molecular weight excluding hydrogens is 728 g/mol. The Morgan fingerprint density at radius 1 is 0.882 bits per heavy atom. The number of alkyl halides is 2. The maximum atomic E-state index is 15.1. The molecule has 1 saturated heterocycles. The Bertz CT molecular complexity index is 1630. The van der Waals surface area contributed by atoms with Gasteiger partial charge >= 0.3 is 30.0 Å². The van der Waals surface area contributed by atoms with Gasteiger partial charge in [0.25, 0.3) is 5.69 Å². The maximum Gasteiger partial charge on any atom is 0.419 e. The number of halogens is 3. The third-order valence-corrected chi connectivity index (χ3v) is 7.39. The van der Waals surface area contributed by atoms with E-state index in [1.807, 2.05) is 0 Å². The smallest absolute Gasteiger partial charge is 0.419 e. The van der Waals surface area contributed by atoms with Crippen molar-refractivity contribution in [1.29, 1.82) is 0 Å². The van der Waals surface area contributed by atoms with E-state index < -0.39 is 82.9 Å². The SMILES string of the molecule is COC(=O)[C@H]1O[C@@H](Oc2ccc([N+](=O)[O-])cc2N(C)C(=O)Oc2ccc(N(CCCl)CCCl)cc2F)[C@H](OC(C)=O)[C@@H](OC(C)=O)[C@@H]1OC(C)=O. The summed E-state index contributed by atoms with van der Waals surface area (Å²) < 4.78 is 52.7. The minimum Gasteiger partial charge on any atom is -0.467 e. The molecule has 0 unspecified atom stereocenters. The van der Waals surface area contributed by atoms with Crippen molar-refractivity contribution in [3.8, 4) is 11.5 Å². The van der Waals surface area contributed by atoms with Crippen LogP contribution in [0.25, 0.3) is 0 Å². The first-order valence-electron chi connectivity index (χ1n) is 14.9. The normalized spacial score (nSPS) is 19.6. The number of carbonyl (C=O) groups excluding carboxylic acids is 5. The van der Waals surface area contributed by atoms with E-state index in [4.69, 9.17) is 56.4 Å². The molecule has 1 aliphatic rings. The van der Waals surface area contributed by atoms with E-state index in [2.05, 4.69) is 0 Å². The fourth-order valence-corrected chi connectivity index (χ4v) is 5.29. The summed E-state index contributed by atoms with van der Waals surface area (Å²) in [6.45, 7) is 3.71. The molecule has 1 heterocycles. The molecule has 51 heavy (non-hydrogen) atoms. The number of rotatable bonds is 14. The molecule has 0 radical (unpaired) electrons. The predicted molar refractivity (Wildman–Crippen MR) is 176 cm³/mol. The van der Waals surface area contributed by atoms with Gasteiger partial charge in [-0.25, -0.2) is 14.0 Å². The third kappa shape index (κ3) is 10.5. The first kappa shape index (κ1) is 40.5. The number of non-ortho nitro benzene ring substituents is 1. The molecule has 0 bridgehead atoms. The van der Waals surface area contributed by atoms with Gasteiger partial charge in [-0.1, -0.05) is 0 Å². The van der Waals surface area contributed by atoms with Gasteiger partial charge < -0.3 is 38.1 Å². The molecule has 0 spiro atoms. The summed E-state index contributed by atoms with van der Waals surface area (Å²) in [5.41, 5.74) is -0.445. The van der Waals surface area contributed by atoms with E-state index in [-0.39, 0.29) is 23.2 Å². The second-order valence-corrected chi connectivity index (χ2v) is 11.4. The van der Waals surface area contributed by atoms with E-state index in [1.165, 1.54) is 12.1 Å². The highest BCUT2D eigenvalue weighted by molar-refractivity contribution is 6.18. The van der Waals surface area contributed by atoms with Crippen molar-refractivity contribution in [2.24, 2.45) is 0 Å². The Morgan fingerprint density at radius 3 is 1.98 bits per heavy atom. The van der Waals surface area contributed by atoms with Crippen LogP contribution in [0.3, 0.4) is 0 Å². The molecule has 17 nitrogen and oxygen atoms in total. The monoisotopic (exact) mass is 761 g/mol. The van der Waals surface area contributed by atoms with E-state index in [1.54, 1.807) is 4.90 Å². The first-order valence-corrected chi connectivity index (χ1v) is 16.0. The molecule has 2 aromatic rings. The molecule has 0 aliphatic carbocycles. The molecule has 1 aliphatic heterocycles. The zero-order chi connectivity index (χ0) is 38.0. The van der Waals surface area contributed by atoms with Crippen molar-refractivity contribution >= 4 is 70.2 Å². The number of nitro benzene ring substituents is 1. The van der Waals surface area contributed by atoms with Crippen molar-refractivity contribution in [1.82, 2.24) is 0 Å². The van der Waals surface area contributed by atoms with Gasteiger partial charge in [-0.3, -0.25) is 29.4 Å². The van der Waals surface area contributed by atoms with Crippen LogP contribution in [0.2, 0.25) is 0 Å². The van der Waals surface area contributed by atoms with Crippen molar-refractivity contribution < 1.29 is 66.4 Å². The number of methoxy groups -OCH3 is 1. The van der Waals surface area contributed by atoms with Crippen LogP contribution >= 0.6 is 23.2 Å². The van der Waals surface area contributed by atoms with Crippen molar-refractivity contribution in [2.75, 3.05) is 48.8 Å². The number of esters is 4. The zero-order valence-electron chi connectivity index (χ0n) is 27.9. The highest BCUT2D eigenvalue weighted by Gasteiger charge is 2.56. The summed E-state index contributed by atoms with van der Waals surface area (Å²) in [5, 5.41) is 11.7. The van der Waals surface area contributed by atoms with E-state index >= 15 is 4.39 Å². The zero-order valence-corrected chi connectivity index (χ0v) is 29.4. The summed E-state index contributed by atoms with van der Waals surface area (Å²) in [5.74, 6) is -5.22. The van der Waals surface area contributed by atoms with Crippen LogP contribution in [-0.4, -0.2) is 105 Å². The molecule has 5 atom stereocenters. The predicted octanol–water partition coefficient (Wildman–Crippen LogP) is 3.72. The van der Waals surface area contributed by atoms with Gasteiger partial charge in [0.1, 0.15) is 5.75 Å². The molecule has 278 valence electrons. The van der Waals surface area contributed by atoms with E-state index in [0.29, 0.717) is 18.8 Å². The van der Waals surface area contributed by atoms with Crippen LogP contribution in [-0.2, 0) is 42.9 Å². The lowest BCUT2D eigenvalue weighted by atomic mass is 9.97. The molecule has 0 N–H and O–H groups in total. The highest BCUT2D eigenvalue weighted by atomic mass is 35.5. The van der Waals surface area contributed by atoms with Crippen molar-refractivity contribution in [2.45, 2.75) is 51.5 Å². The molecule has 0 saturated carbocycles. The average molecular weight is 763 g/mol. The number of nitrogens with zero attached hydrogens (tertiary/aromatic N) is 3. The van der Waals surface area contributed by atoms with E-state index in [9.17, 15) is 34.1 Å². The van der Waals surface area contributed by atoms with Gasteiger partial charge in [-0.2, -0.15) is 0 Å². The van der Waals surface area contributed by atoms with Gasteiger partial charge in [0, 0.05) is 76.6 Å². The van der Waals surface area contributed by atoms with Crippen molar-refractivity contribution in [3.05, 3.63) is 52.3 Å². The number of anilines is 2. The molecule has 2 aromatic carbocycles. The standard InChI is InChI=1S/C31H34Cl2FN3O14/c1-16(38)46-25-26(47-17(2)39)28(48-18(3)40)30(51-27(25)29(41)45-5)49-24-9-7-20(37(43)44)15-22(24)35(4)31(42)50-23-8-6-19(14-21(23)34)36(12-10-32)13-11-33/h6-9,14-15,25-28,30H,10-13H2,1-5H3/t25-,26-,27-,28+,30+/m0/s1. The molecular formula is C31H34Cl2FN3O14. The lowest BCUT2D eigenvalue weighted by molar-refractivity contribution is -0.384.